The zero-order valence-electron chi connectivity index (χ0n) is 9.55. The van der Waals surface area contributed by atoms with E-state index in [1.807, 2.05) is 0 Å². The largest absolute Gasteiger partial charge is 0.484 e. The van der Waals surface area contributed by atoms with Gasteiger partial charge in [-0.05, 0) is 6.07 Å². The summed E-state index contributed by atoms with van der Waals surface area (Å²) in [4.78, 5) is 9.62. The third-order valence-electron chi connectivity index (χ3n) is 2.84. The second-order valence-corrected chi connectivity index (χ2v) is 4.36. The first-order valence-electron chi connectivity index (χ1n) is 5.45. The molecule has 0 aromatic heterocycles. The molecular weight excluding hydrogens is 267 g/mol. The van der Waals surface area contributed by atoms with Gasteiger partial charge in [0, 0.05) is 12.5 Å². The van der Waals surface area contributed by atoms with Crippen LogP contribution in [0.1, 0.15) is 12.8 Å². The molecule has 0 spiro atoms. The maximum atomic E-state index is 13.5. The third kappa shape index (κ3) is 2.95. The molecule has 1 aromatic rings. The van der Waals surface area contributed by atoms with Gasteiger partial charge in [-0.15, -0.1) is 0 Å². The molecule has 0 unspecified atom stereocenters. The van der Waals surface area contributed by atoms with E-state index in [-0.39, 0.29) is 0 Å². The zero-order valence-corrected chi connectivity index (χ0v) is 9.55. The molecule has 2 atom stereocenters. The Kier molecular flexibility index (Phi) is 3.36. The Bertz CT molecular complexity index is 509. The van der Waals surface area contributed by atoms with Crippen molar-refractivity contribution in [2.75, 3.05) is 0 Å². The fourth-order valence-electron chi connectivity index (χ4n) is 1.93. The Morgan fingerprint density at radius 3 is 2.58 bits per heavy atom. The van der Waals surface area contributed by atoms with Crippen molar-refractivity contribution in [3.63, 3.8) is 0 Å². The fourth-order valence-corrected chi connectivity index (χ4v) is 1.93. The molecule has 1 aliphatic carbocycles. The zero-order chi connectivity index (χ0) is 14.2. The van der Waals surface area contributed by atoms with Gasteiger partial charge in [0.05, 0.1) is 23.5 Å². The normalized spacial score (nSPS) is 25.3. The summed E-state index contributed by atoms with van der Waals surface area (Å²) in [5.74, 6) is -4.48. The van der Waals surface area contributed by atoms with Gasteiger partial charge in [0.15, 0.2) is 11.6 Å². The van der Waals surface area contributed by atoms with Crippen LogP contribution in [0.5, 0.6) is 5.75 Å². The number of nitrogens with zero attached hydrogens (tertiary/aromatic N) is 1. The molecule has 1 aliphatic rings. The quantitative estimate of drug-likeness (QED) is 0.679. The van der Waals surface area contributed by atoms with Gasteiger partial charge in [0.2, 0.25) is 0 Å². The van der Waals surface area contributed by atoms with Gasteiger partial charge >= 0.3 is 0 Å². The number of aliphatic hydroxyl groups is 1. The van der Waals surface area contributed by atoms with Crippen LogP contribution in [-0.2, 0) is 0 Å². The molecule has 1 N–H and O–H groups in total. The van der Waals surface area contributed by atoms with Crippen LogP contribution in [0.25, 0.3) is 0 Å². The summed E-state index contributed by atoms with van der Waals surface area (Å²) in [6.45, 7) is 0. The molecule has 0 amide bonds. The molecule has 104 valence electrons. The van der Waals surface area contributed by atoms with E-state index in [4.69, 9.17) is 4.74 Å². The van der Waals surface area contributed by atoms with Gasteiger partial charge in [0.1, 0.15) is 6.10 Å². The summed E-state index contributed by atoms with van der Waals surface area (Å²) >= 11 is 0. The Hall–Kier alpha value is -1.83. The molecule has 1 saturated carbocycles. The molecule has 0 heterocycles. The SMILES string of the molecule is O=[N+]([O-])c1ccc(O[C@H]2CC(F)(F)C[C@H]2O)c(F)c1. The number of alkyl halides is 2. The van der Waals surface area contributed by atoms with Crippen LogP contribution < -0.4 is 4.74 Å². The number of benzene rings is 1. The van der Waals surface area contributed by atoms with E-state index >= 15 is 0 Å². The van der Waals surface area contributed by atoms with Gasteiger partial charge in [-0.2, -0.15) is 0 Å². The molecule has 1 fully saturated rings. The maximum Gasteiger partial charge on any atom is 0.272 e. The third-order valence-corrected chi connectivity index (χ3v) is 2.84. The van der Waals surface area contributed by atoms with Crippen molar-refractivity contribution >= 4 is 5.69 Å². The molecule has 2 rings (SSSR count). The molecule has 5 nitrogen and oxygen atoms in total. The predicted octanol–water partition coefficient (Wildman–Crippen LogP) is 2.27. The number of hydrogen-bond acceptors (Lipinski definition) is 4. The molecule has 0 bridgehead atoms. The van der Waals surface area contributed by atoms with Crippen molar-refractivity contribution in [2.24, 2.45) is 0 Å². The highest BCUT2D eigenvalue weighted by Crippen LogP contribution is 2.37. The van der Waals surface area contributed by atoms with E-state index in [0.717, 1.165) is 12.1 Å². The first kappa shape index (κ1) is 13.6. The lowest BCUT2D eigenvalue weighted by atomic mass is 10.2. The molecule has 8 heteroatoms. The molecule has 1 aromatic carbocycles. The fraction of sp³-hybridized carbons (Fsp3) is 0.455. The molecule has 0 saturated heterocycles. The van der Waals surface area contributed by atoms with Crippen LogP contribution in [-0.4, -0.2) is 28.2 Å². The van der Waals surface area contributed by atoms with E-state index in [1.165, 1.54) is 0 Å². The lowest BCUT2D eigenvalue weighted by Crippen LogP contribution is -2.26. The average molecular weight is 277 g/mol. The topological polar surface area (TPSA) is 72.6 Å². The summed E-state index contributed by atoms with van der Waals surface area (Å²) in [6.07, 6.45) is -4.09. The number of ether oxygens (including phenoxy) is 1. The van der Waals surface area contributed by atoms with E-state index < -0.39 is 53.1 Å². The van der Waals surface area contributed by atoms with Crippen LogP contribution in [0.2, 0.25) is 0 Å². The number of halogens is 3. The summed E-state index contributed by atoms with van der Waals surface area (Å²) in [6, 6.07) is 2.61. The van der Waals surface area contributed by atoms with E-state index in [1.54, 1.807) is 0 Å². The Morgan fingerprint density at radius 1 is 1.42 bits per heavy atom. The number of non-ortho nitro benzene ring substituents is 1. The van der Waals surface area contributed by atoms with Gasteiger partial charge < -0.3 is 9.84 Å². The van der Waals surface area contributed by atoms with Crippen molar-refractivity contribution in [3.8, 4) is 5.75 Å². The second kappa shape index (κ2) is 4.69. The molecule has 19 heavy (non-hydrogen) atoms. The van der Waals surface area contributed by atoms with E-state index in [0.29, 0.717) is 6.07 Å². The lowest BCUT2D eigenvalue weighted by molar-refractivity contribution is -0.385. The number of hydrogen-bond donors (Lipinski definition) is 1. The Morgan fingerprint density at radius 2 is 2.11 bits per heavy atom. The highest BCUT2D eigenvalue weighted by Gasteiger charge is 2.47. The van der Waals surface area contributed by atoms with Crippen LogP contribution in [0.3, 0.4) is 0 Å². The Balaban J connectivity index is 2.14. The van der Waals surface area contributed by atoms with Crippen molar-refractivity contribution in [1.82, 2.24) is 0 Å². The number of nitro benzene ring substituents is 1. The first-order chi connectivity index (χ1) is 8.78. The van der Waals surface area contributed by atoms with Gasteiger partial charge in [-0.1, -0.05) is 0 Å². The van der Waals surface area contributed by atoms with Gasteiger partial charge in [-0.3, -0.25) is 10.1 Å². The number of aliphatic hydroxyl groups excluding tert-OH is 1. The van der Waals surface area contributed by atoms with Crippen LogP contribution >= 0.6 is 0 Å². The monoisotopic (exact) mass is 277 g/mol. The minimum atomic E-state index is -3.05. The highest BCUT2D eigenvalue weighted by atomic mass is 19.3. The van der Waals surface area contributed by atoms with Gasteiger partial charge in [-0.25, -0.2) is 13.2 Å². The summed E-state index contributed by atoms with van der Waals surface area (Å²) < 4.78 is 44.4. The highest BCUT2D eigenvalue weighted by molar-refractivity contribution is 5.37. The maximum absolute atomic E-state index is 13.5. The average Bonchev–Trinajstić information content (AvgIpc) is 2.54. The van der Waals surface area contributed by atoms with Crippen molar-refractivity contribution in [3.05, 3.63) is 34.1 Å². The summed E-state index contributed by atoms with van der Waals surface area (Å²) in [5, 5.41) is 19.8. The molecule has 0 aliphatic heterocycles. The van der Waals surface area contributed by atoms with E-state index in [2.05, 4.69) is 0 Å². The van der Waals surface area contributed by atoms with Crippen LogP contribution in [0.15, 0.2) is 18.2 Å². The minimum Gasteiger partial charge on any atom is -0.484 e. The van der Waals surface area contributed by atoms with Gasteiger partial charge in [0.25, 0.3) is 11.6 Å². The Labute approximate surface area is 105 Å². The number of nitro groups is 1. The second-order valence-electron chi connectivity index (χ2n) is 4.36. The van der Waals surface area contributed by atoms with Crippen LogP contribution in [0, 0.1) is 15.9 Å². The molecule has 0 radical (unpaired) electrons. The lowest BCUT2D eigenvalue weighted by Gasteiger charge is -2.16. The summed E-state index contributed by atoms with van der Waals surface area (Å²) in [7, 11) is 0. The first-order valence-corrected chi connectivity index (χ1v) is 5.45. The van der Waals surface area contributed by atoms with Crippen LogP contribution in [0.4, 0.5) is 18.9 Å². The molecular formula is C11H10F3NO4. The number of rotatable bonds is 3. The summed E-state index contributed by atoms with van der Waals surface area (Å²) in [5.41, 5.74) is -0.470. The van der Waals surface area contributed by atoms with E-state index in [9.17, 15) is 28.4 Å². The standard InChI is InChI=1S/C11H10F3NO4/c12-7-3-6(15(17)18)1-2-9(7)19-10-5-11(13,14)4-8(10)16/h1-3,8,10,16H,4-5H2/t8-,10+/m1/s1. The smallest absolute Gasteiger partial charge is 0.272 e. The van der Waals surface area contributed by atoms with Crippen molar-refractivity contribution in [2.45, 2.75) is 31.0 Å². The predicted molar refractivity (Wildman–Crippen MR) is 57.7 cm³/mol. The van der Waals surface area contributed by atoms with Crippen molar-refractivity contribution in [1.29, 1.82) is 0 Å². The minimum absolute atomic E-state index is 0.396. The van der Waals surface area contributed by atoms with Crippen molar-refractivity contribution < 1.29 is 27.9 Å².